The molecule has 24 heavy (non-hydrogen) atoms. The van der Waals surface area contributed by atoms with Crippen molar-refractivity contribution in [2.45, 2.75) is 71.8 Å². The highest BCUT2D eigenvalue weighted by atomic mass is 16.4. The van der Waals surface area contributed by atoms with Crippen LogP contribution < -0.4 is 0 Å². The van der Waals surface area contributed by atoms with Crippen molar-refractivity contribution < 1.29 is 19.5 Å². The van der Waals surface area contributed by atoms with Crippen LogP contribution in [0.15, 0.2) is 0 Å². The van der Waals surface area contributed by atoms with Crippen LogP contribution >= 0.6 is 0 Å². The lowest BCUT2D eigenvalue weighted by Gasteiger charge is -2.37. The fourth-order valence-corrected chi connectivity index (χ4v) is 3.42. The summed E-state index contributed by atoms with van der Waals surface area (Å²) in [5.74, 6) is -1.22. The smallest absolute Gasteiger partial charge is 0.308 e. The number of rotatable bonds is 9. The summed E-state index contributed by atoms with van der Waals surface area (Å²) in [6, 6.07) is -0.267. The molecule has 1 heterocycles. The molecule has 0 aliphatic carbocycles. The monoisotopic (exact) mass is 340 g/mol. The predicted molar refractivity (Wildman–Crippen MR) is 92.5 cm³/mol. The topological polar surface area (TPSA) is 77.9 Å². The Kier molecular flexibility index (Phi) is 8.79. The van der Waals surface area contributed by atoms with Crippen LogP contribution in [-0.4, -0.2) is 58.4 Å². The summed E-state index contributed by atoms with van der Waals surface area (Å²) in [4.78, 5) is 39.4. The summed E-state index contributed by atoms with van der Waals surface area (Å²) in [5.41, 5.74) is 0. The van der Waals surface area contributed by atoms with Gasteiger partial charge in [-0.1, -0.05) is 13.8 Å². The van der Waals surface area contributed by atoms with Crippen LogP contribution in [-0.2, 0) is 14.4 Å². The van der Waals surface area contributed by atoms with Crippen LogP contribution in [0.25, 0.3) is 0 Å². The second kappa shape index (κ2) is 10.3. The van der Waals surface area contributed by atoms with E-state index < -0.39 is 11.9 Å². The Morgan fingerprint density at radius 1 is 1.12 bits per heavy atom. The molecule has 1 aliphatic rings. The van der Waals surface area contributed by atoms with Gasteiger partial charge in [0.1, 0.15) is 0 Å². The molecule has 0 aromatic rings. The van der Waals surface area contributed by atoms with Gasteiger partial charge in [0.15, 0.2) is 0 Å². The van der Waals surface area contributed by atoms with E-state index >= 15 is 0 Å². The van der Waals surface area contributed by atoms with Crippen molar-refractivity contribution in [3.05, 3.63) is 0 Å². The van der Waals surface area contributed by atoms with Crippen LogP contribution in [0.4, 0.5) is 0 Å². The Morgan fingerprint density at radius 3 is 2.29 bits per heavy atom. The van der Waals surface area contributed by atoms with Gasteiger partial charge in [0.05, 0.1) is 5.92 Å². The van der Waals surface area contributed by atoms with E-state index in [1.165, 1.54) is 0 Å². The Labute approximate surface area is 145 Å². The van der Waals surface area contributed by atoms with Crippen molar-refractivity contribution in [3.63, 3.8) is 0 Å². The first kappa shape index (κ1) is 20.5. The van der Waals surface area contributed by atoms with Gasteiger partial charge in [-0.05, 0) is 39.0 Å². The molecular formula is C18H32N2O4. The third kappa shape index (κ3) is 5.80. The van der Waals surface area contributed by atoms with Crippen molar-refractivity contribution in [1.29, 1.82) is 0 Å². The first-order valence-corrected chi connectivity index (χ1v) is 9.22. The van der Waals surface area contributed by atoms with Crippen LogP contribution in [0.2, 0.25) is 0 Å². The van der Waals surface area contributed by atoms with E-state index in [1.54, 1.807) is 4.90 Å². The van der Waals surface area contributed by atoms with Gasteiger partial charge in [0.2, 0.25) is 11.8 Å². The number of aliphatic carboxylic acids is 1. The van der Waals surface area contributed by atoms with Crippen LogP contribution in [0.5, 0.6) is 0 Å². The second-order valence-corrected chi connectivity index (χ2v) is 6.65. The Bertz CT molecular complexity index is 433. The van der Waals surface area contributed by atoms with Crippen LogP contribution in [0.1, 0.15) is 65.7 Å². The molecule has 0 saturated carbocycles. The lowest BCUT2D eigenvalue weighted by molar-refractivity contribution is -0.149. The van der Waals surface area contributed by atoms with Gasteiger partial charge in [-0.3, -0.25) is 14.4 Å². The highest BCUT2D eigenvalue weighted by Crippen LogP contribution is 2.24. The molecule has 0 unspecified atom stereocenters. The molecule has 0 aromatic carbocycles. The van der Waals surface area contributed by atoms with E-state index in [0.717, 1.165) is 32.4 Å². The number of carbonyl (C=O) groups is 3. The normalized spacial score (nSPS) is 20.7. The van der Waals surface area contributed by atoms with Gasteiger partial charge < -0.3 is 14.9 Å². The first-order chi connectivity index (χ1) is 11.4. The molecule has 2 amide bonds. The quantitative estimate of drug-likeness (QED) is 0.699. The van der Waals surface area contributed by atoms with Gasteiger partial charge >= 0.3 is 5.97 Å². The lowest BCUT2D eigenvalue weighted by atomic mass is 9.90. The van der Waals surface area contributed by atoms with Gasteiger partial charge in [-0.2, -0.15) is 0 Å². The average Bonchev–Trinajstić information content (AvgIpc) is 2.54. The van der Waals surface area contributed by atoms with Gasteiger partial charge in [0, 0.05) is 38.5 Å². The van der Waals surface area contributed by atoms with E-state index in [0.29, 0.717) is 32.2 Å². The molecule has 6 nitrogen and oxygen atoms in total. The van der Waals surface area contributed by atoms with Gasteiger partial charge in [-0.25, -0.2) is 0 Å². The maximum atomic E-state index is 12.4. The van der Waals surface area contributed by atoms with E-state index in [-0.39, 0.29) is 17.9 Å². The second-order valence-electron chi connectivity index (χ2n) is 6.65. The Hall–Kier alpha value is -1.59. The summed E-state index contributed by atoms with van der Waals surface area (Å²) in [5, 5.41) is 9.23. The number of amides is 2. The summed E-state index contributed by atoms with van der Waals surface area (Å²) in [6.45, 7) is 8.07. The minimum absolute atomic E-state index is 0.0289. The summed E-state index contributed by atoms with van der Waals surface area (Å²) in [6.07, 6.45) is 4.46. The Balaban J connectivity index is 2.45. The number of carboxylic acid groups (broad SMARTS) is 1. The zero-order valence-electron chi connectivity index (χ0n) is 15.3. The highest BCUT2D eigenvalue weighted by molar-refractivity contribution is 5.80. The molecule has 0 radical (unpaired) electrons. The van der Waals surface area contributed by atoms with Crippen molar-refractivity contribution in [1.82, 2.24) is 9.80 Å². The molecule has 2 atom stereocenters. The van der Waals surface area contributed by atoms with E-state index in [9.17, 15) is 19.5 Å². The molecule has 0 bridgehead atoms. The molecule has 1 saturated heterocycles. The SMILES string of the molecule is CCCN(CCC)C(=O)CCCC(=O)N1CCC[C@H](C(=O)O)[C@@H]1C. The molecule has 1 N–H and O–H groups in total. The third-order valence-corrected chi connectivity index (χ3v) is 4.75. The number of carboxylic acids is 1. The summed E-state index contributed by atoms with van der Waals surface area (Å²) in [7, 11) is 0. The fourth-order valence-electron chi connectivity index (χ4n) is 3.42. The minimum Gasteiger partial charge on any atom is -0.481 e. The highest BCUT2D eigenvalue weighted by Gasteiger charge is 2.34. The lowest BCUT2D eigenvalue weighted by Crippen LogP contribution is -2.49. The minimum atomic E-state index is -0.829. The van der Waals surface area contributed by atoms with Gasteiger partial charge in [-0.15, -0.1) is 0 Å². The van der Waals surface area contributed by atoms with Crippen molar-refractivity contribution in [3.8, 4) is 0 Å². The third-order valence-electron chi connectivity index (χ3n) is 4.75. The van der Waals surface area contributed by atoms with E-state index in [2.05, 4.69) is 13.8 Å². The molecule has 6 heteroatoms. The van der Waals surface area contributed by atoms with Crippen LogP contribution in [0.3, 0.4) is 0 Å². The number of carbonyl (C=O) groups excluding carboxylic acids is 2. The van der Waals surface area contributed by atoms with Crippen molar-refractivity contribution in [2.24, 2.45) is 5.92 Å². The maximum absolute atomic E-state index is 12.4. The molecule has 138 valence electrons. The number of nitrogens with zero attached hydrogens (tertiary/aromatic N) is 2. The zero-order chi connectivity index (χ0) is 18.1. The largest absolute Gasteiger partial charge is 0.481 e. The number of hydrogen-bond acceptors (Lipinski definition) is 3. The average molecular weight is 340 g/mol. The number of hydrogen-bond donors (Lipinski definition) is 1. The number of likely N-dealkylation sites (tertiary alicyclic amines) is 1. The number of piperidine rings is 1. The standard InChI is InChI=1S/C18H32N2O4/c1-4-11-19(12-5-2)16(21)9-6-10-17(22)20-13-7-8-15(14(20)3)18(23)24/h14-15H,4-13H2,1-3H3,(H,23,24)/t14-,15-/m0/s1. The van der Waals surface area contributed by atoms with Crippen molar-refractivity contribution in [2.75, 3.05) is 19.6 Å². The van der Waals surface area contributed by atoms with E-state index in [4.69, 9.17) is 0 Å². The van der Waals surface area contributed by atoms with Crippen molar-refractivity contribution >= 4 is 17.8 Å². The van der Waals surface area contributed by atoms with Gasteiger partial charge in [0.25, 0.3) is 0 Å². The molecule has 1 fully saturated rings. The summed E-state index contributed by atoms with van der Waals surface area (Å²) < 4.78 is 0. The Morgan fingerprint density at radius 2 is 1.75 bits per heavy atom. The fraction of sp³-hybridized carbons (Fsp3) is 0.833. The molecule has 1 rings (SSSR count). The maximum Gasteiger partial charge on any atom is 0.308 e. The predicted octanol–water partition coefficient (Wildman–Crippen LogP) is 2.52. The molecular weight excluding hydrogens is 308 g/mol. The first-order valence-electron chi connectivity index (χ1n) is 9.22. The zero-order valence-corrected chi connectivity index (χ0v) is 15.3. The molecule has 0 aromatic heterocycles. The molecule has 1 aliphatic heterocycles. The van der Waals surface area contributed by atoms with E-state index in [1.807, 2.05) is 11.8 Å². The molecule has 0 spiro atoms. The van der Waals surface area contributed by atoms with Crippen LogP contribution in [0, 0.1) is 5.92 Å². The summed E-state index contributed by atoms with van der Waals surface area (Å²) >= 11 is 0.